The van der Waals surface area contributed by atoms with Gasteiger partial charge in [-0.1, -0.05) is 25.8 Å². The Bertz CT molecular complexity index is 57.6. The molecule has 1 N–H and O–H groups in total. The minimum absolute atomic E-state index is 0.231. The summed E-state index contributed by atoms with van der Waals surface area (Å²) in [5, 5.41) is 8.18. The molecule has 1 heteroatoms. The molecule has 0 aromatic rings. The lowest BCUT2D eigenvalue weighted by Crippen LogP contribution is -1.79. The van der Waals surface area contributed by atoms with E-state index in [1.165, 1.54) is 6.42 Å². The molecule has 0 spiro atoms. The second-order valence-electron chi connectivity index (χ2n) is 2.14. The van der Waals surface area contributed by atoms with Gasteiger partial charge in [-0.2, -0.15) is 0 Å². The Hall–Kier alpha value is -0.300. The zero-order valence-electron chi connectivity index (χ0n) is 6.78. The fourth-order valence-electron chi connectivity index (χ4n) is 0.191. The summed E-state index contributed by atoms with van der Waals surface area (Å²) in [6, 6.07) is 0. The van der Waals surface area contributed by atoms with E-state index in [9.17, 15) is 0 Å². The van der Waals surface area contributed by atoms with Crippen LogP contribution in [0.2, 0.25) is 0 Å². The van der Waals surface area contributed by atoms with Crippen LogP contribution in [0.4, 0.5) is 0 Å². The van der Waals surface area contributed by atoms with E-state index in [0.29, 0.717) is 0 Å². The molecule has 9 heavy (non-hydrogen) atoms. The highest BCUT2D eigenvalue weighted by Gasteiger charge is 1.77. The van der Waals surface area contributed by atoms with Gasteiger partial charge in [0.2, 0.25) is 0 Å². The summed E-state index contributed by atoms with van der Waals surface area (Å²) in [6.07, 6.45) is 1.99. The summed E-state index contributed by atoms with van der Waals surface area (Å²) >= 11 is 0. The van der Waals surface area contributed by atoms with Crippen LogP contribution in [-0.4, -0.2) is 11.7 Å². The van der Waals surface area contributed by atoms with Crippen molar-refractivity contribution in [3.63, 3.8) is 0 Å². The van der Waals surface area contributed by atoms with Gasteiger partial charge in [-0.05, 0) is 13.3 Å². The summed E-state index contributed by atoms with van der Waals surface area (Å²) in [4.78, 5) is 0. The Labute approximate surface area is 58.4 Å². The first-order valence-electron chi connectivity index (χ1n) is 3.44. The molecule has 0 saturated carbocycles. The third kappa shape index (κ3) is 34.3. The number of hydrogen-bond acceptors (Lipinski definition) is 1. The summed E-state index contributed by atoms with van der Waals surface area (Å²) in [5.74, 6) is 0. The van der Waals surface area contributed by atoms with Crippen molar-refractivity contribution in [2.45, 2.75) is 33.6 Å². The molecule has 0 aliphatic heterocycles. The summed E-state index contributed by atoms with van der Waals surface area (Å²) in [5.41, 5.74) is 1.04. The molecule has 0 aromatic heterocycles. The highest BCUT2D eigenvalue weighted by atomic mass is 16.2. The molecule has 0 fully saturated rings. The molecule has 0 aliphatic rings. The van der Waals surface area contributed by atoms with Crippen molar-refractivity contribution < 1.29 is 5.11 Å². The van der Waals surface area contributed by atoms with Crippen molar-refractivity contribution in [3.8, 4) is 0 Å². The first-order valence-corrected chi connectivity index (χ1v) is 3.44. The van der Waals surface area contributed by atoms with Crippen molar-refractivity contribution in [1.29, 1.82) is 0 Å². The van der Waals surface area contributed by atoms with Gasteiger partial charge in [0, 0.05) is 6.61 Å². The van der Waals surface area contributed by atoms with Gasteiger partial charge in [-0.3, -0.25) is 0 Å². The van der Waals surface area contributed by atoms with Crippen molar-refractivity contribution in [1.82, 2.24) is 0 Å². The monoisotopic (exact) mass is 130 g/mol. The van der Waals surface area contributed by atoms with E-state index in [-0.39, 0.29) is 6.61 Å². The average Bonchev–Trinajstić information content (AvgIpc) is 1.67. The molecule has 0 aromatic carbocycles. The van der Waals surface area contributed by atoms with E-state index in [4.69, 9.17) is 5.11 Å². The lowest BCUT2D eigenvalue weighted by atomic mass is 10.3. The SMILES string of the molecule is C=C(C)CCO.CCC. The van der Waals surface area contributed by atoms with Crippen LogP contribution < -0.4 is 0 Å². The van der Waals surface area contributed by atoms with E-state index in [0.717, 1.165) is 12.0 Å². The third-order valence-corrected chi connectivity index (χ3v) is 0.539. The summed E-state index contributed by atoms with van der Waals surface area (Å²) in [7, 11) is 0. The lowest BCUT2D eigenvalue weighted by Gasteiger charge is -1.87. The maximum absolute atomic E-state index is 8.18. The first kappa shape index (κ1) is 11.5. The van der Waals surface area contributed by atoms with Crippen LogP contribution in [0.5, 0.6) is 0 Å². The Balaban J connectivity index is 0. The Morgan fingerprint density at radius 1 is 1.44 bits per heavy atom. The fourth-order valence-corrected chi connectivity index (χ4v) is 0.191. The van der Waals surface area contributed by atoms with Gasteiger partial charge < -0.3 is 5.11 Å². The van der Waals surface area contributed by atoms with Crippen LogP contribution in [0, 0.1) is 0 Å². The quantitative estimate of drug-likeness (QED) is 0.569. The number of aliphatic hydroxyl groups is 1. The molecular formula is C8H18O. The van der Waals surface area contributed by atoms with Gasteiger partial charge in [0.25, 0.3) is 0 Å². The number of aliphatic hydroxyl groups excluding tert-OH is 1. The van der Waals surface area contributed by atoms with E-state index >= 15 is 0 Å². The second-order valence-corrected chi connectivity index (χ2v) is 2.14. The van der Waals surface area contributed by atoms with Gasteiger partial charge in [0.05, 0.1) is 0 Å². The van der Waals surface area contributed by atoms with E-state index in [2.05, 4.69) is 20.4 Å². The van der Waals surface area contributed by atoms with Gasteiger partial charge >= 0.3 is 0 Å². The van der Waals surface area contributed by atoms with Gasteiger partial charge in [0.1, 0.15) is 0 Å². The third-order valence-electron chi connectivity index (χ3n) is 0.539. The van der Waals surface area contributed by atoms with Gasteiger partial charge in [-0.15, -0.1) is 6.58 Å². The van der Waals surface area contributed by atoms with Crippen molar-refractivity contribution in [2.24, 2.45) is 0 Å². The van der Waals surface area contributed by atoms with E-state index < -0.39 is 0 Å². The number of hydrogen-bond donors (Lipinski definition) is 1. The maximum atomic E-state index is 8.18. The molecular weight excluding hydrogens is 112 g/mol. The topological polar surface area (TPSA) is 20.2 Å². The highest BCUT2D eigenvalue weighted by Crippen LogP contribution is 1.90. The molecule has 0 rings (SSSR count). The molecule has 0 unspecified atom stereocenters. The van der Waals surface area contributed by atoms with Crippen LogP contribution >= 0.6 is 0 Å². The zero-order chi connectivity index (χ0) is 7.70. The van der Waals surface area contributed by atoms with Crippen molar-refractivity contribution >= 4 is 0 Å². The Morgan fingerprint density at radius 3 is 1.78 bits per heavy atom. The summed E-state index contributed by atoms with van der Waals surface area (Å²) in [6.45, 7) is 9.97. The van der Waals surface area contributed by atoms with E-state index in [1.807, 2.05) is 6.92 Å². The zero-order valence-corrected chi connectivity index (χ0v) is 6.78. The molecule has 0 amide bonds. The minimum Gasteiger partial charge on any atom is -0.396 e. The molecule has 0 aliphatic carbocycles. The van der Waals surface area contributed by atoms with Crippen LogP contribution in [0.1, 0.15) is 33.6 Å². The van der Waals surface area contributed by atoms with Crippen molar-refractivity contribution in [3.05, 3.63) is 12.2 Å². The molecule has 0 saturated heterocycles. The molecule has 0 atom stereocenters. The van der Waals surface area contributed by atoms with Crippen molar-refractivity contribution in [2.75, 3.05) is 6.61 Å². The maximum Gasteiger partial charge on any atom is 0.0467 e. The fraction of sp³-hybridized carbons (Fsp3) is 0.750. The van der Waals surface area contributed by atoms with Gasteiger partial charge in [-0.25, -0.2) is 0 Å². The lowest BCUT2D eigenvalue weighted by molar-refractivity contribution is 0.299. The second kappa shape index (κ2) is 10.6. The smallest absolute Gasteiger partial charge is 0.0467 e. The normalized spacial score (nSPS) is 7.56. The molecule has 56 valence electrons. The molecule has 0 bridgehead atoms. The Morgan fingerprint density at radius 2 is 1.78 bits per heavy atom. The van der Waals surface area contributed by atoms with Gasteiger partial charge in [0.15, 0.2) is 0 Å². The van der Waals surface area contributed by atoms with Crippen LogP contribution in [-0.2, 0) is 0 Å². The largest absolute Gasteiger partial charge is 0.396 e. The highest BCUT2D eigenvalue weighted by molar-refractivity contribution is 4.86. The first-order chi connectivity index (χ1) is 4.18. The minimum atomic E-state index is 0.231. The Kier molecular flexibility index (Phi) is 13.6. The van der Waals surface area contributed by atoms with Crippen LogP contribution in [0.15, 0.2) is 12.2 Å². The molecule has 0 heterocycles. The van der Waals surface area contributed by atoms with E-state index in [1.54, 1.807) is 0 Å². The van der Waals surface area contributed by atoms with Crippen LogP contribution in [0.25, 0.3) is 0 Å². The predicted octanol–water partition coefficient (Wildman–Crippen LogP) is 2.36. The standard InChI is InChI=1S/C5H10O.C3H8/c1-5(2)3-4-6;1-3-2/h6H,1,3-4H2,2H3;3H2,1-2H3. The average molecular weight is 130 g/mol. The predicted molar refractivity (Wildman–Crippen MR) is 42.5 cm³/mol. The molecule has 0 radical (unpaired) electrons. The molecule has 1 nitrogen and oxygen atoms in total. The van der Waals surface area contributed by atoms with Crippen LogP contribution in [0.3, 0.4) is 0 Å². The number of rotatable bonds is 2. The summed E-state index contributed by atoms with van der Waals surface area (Å²) < 4.78 is 0.